The molecule has 1 rings (SSSR count). The van der Waals surface area contributed by atoms with Crippen LogP contribution in [0.5, 0.6) is 0 Å². The topological polar surface area (TPSA) is 38.9 Å². The van der Waals surface area contributed by atoms with E-state index < -0.39 is 6.67 Å². The maximum atomic E-state index is 12.1. The van der Waals surface area contributed by atoms with E-state index in [1.807, 2.05) is 0 Å². The SMILES string of the molecule is NCCc1cc(CF)ccn1. The second-order valence-corrected chi connectivity index (χ2v) is 2.33. The monoisotopic (exact) mass is 154 g/mol. The van der Waals surface area contributed by atoms with Crippen LogP contribution in [-0.4, -0.2) is 11.5 Å². The Kier molecular flexibility index (Phi) is 2.98. The quantitative estimate of drug-likeness (QED) is 0.706. The van der Waals surface area contributed by atoms with E-state index in [1.165, 1.54) is 0 Å². The van der Waals surface area contributed by atoms with Crippen LogP contribution in [0.15, 0.2) is 18.3 Å². The zero-order valence-corrected chi connectivity index (χ0v) is 6.26. The van der Waals surface area contributed by atoms with Crippen molar-refractivity contribution >= 4 is 0 Å². The molecule has 60 valence electrons. The first kappa shape index (κ1) is 8.14. The lowest BCUT2D eigenvalue weighted by molar-refractivity contribution is 0.484. The van der Waals surface area contributed by atoms with E-state index in [9.17, 15) is 4.39 Å². The zero-order valence-electron chi connectivity index (χ0n) is 6.26. The lowest BCUT2D eigenvalue weighted by atomic mass is 10.2. The Balaban J connectivity index is 2.74. The van der Waals surface area contributed by atoms with Crippen molar-refractivity contribution in [3.05, 3.63) is 29.6 Å². The van der Waals surface area contributed by atoms with Crippen LogP contribution >= 0.6 is 0 Å². The smallest absolute Gasteiger partial charge is 0.115 e. The van der Waals surface area contributed by atoms with Gasteiger partial charge in [-0.25, -0.2) is 4.39 Å². The molecule has 11 heavy (non-hydrogen) atoms. The molecular formula is C8H11FN2. The molecule has 0 aliphatic carbocycles. The average molecular weight is 154 g/mol. The van der Waals surface area contributed by atoms with Gasteiger partial charge in [-0.1, -0.05) is 0 Å². The molecule has 0 aromatic carbocycles. The first-order chi connectivity index (χ1) is 5.36. The van der Waals surface area contributed by atoms with E-state index in [2.05, 4.69) is 4.98 Å². The molecule has 0 unspecified atom stereocenters. The predicted octanol–water partition coefficient (Wildman–Crippen LogP) is 1.05. The number of hydrogen-bond donors (Lipinski definition) is 1. The third-order valence-electron chi connectivity index (χ3n) is 1.44. The Labute approximate surface area is 65.3 Å². The van der Waals surface area contributed by atoms with E-state index in [1.54, 1.807) is 18.3 Å². The zero-order chi connectivity index (χ0) is 8.10. The minimum Gasteiger partial charge on any atom is -0.330 e. The predicted molar refractivity (Wildman–Crippen MR) is 41.8 cm³/mol. The molecule has 0 atom stereocenters. The molecule has 0 radical (unpaired) electrons. The minimum absolute atomic E-state index is 0.430. The molecule has 3 heteroatoms. The average Bonchev–Trinajstić information content (AvgIpc) is 2.06. The molecule has 1 aromatic heterocycles. The Bertz CT molecular complexity index is 225. The highest BCUT2D eigenvalue weighted by molar-refractivity contribution is 5.15. The van der Waals surface area contributed by atoms with Gasteiger partial charge in [0.1, 0.15) is 6.67 Å². The molecule has 0 amide bonds. The molecule has 0 saturated carbocycles. The normalized spacial score (nSPS) is 10.0. The van der Waals surface area contributed by atoms with Gasteiger partial charge in [-0.15, -0.1) is 0 Å². The Morgan fingerprint density at radius 1 is 1.55 bits per heavy atom. The van der Waals surface area contributed by atoms with Crippen LogP contribution in [0.1, 0.15) is 11.3 Å². The van der Waals surface area contributed by atoms with Gasteiger partial charge in [-0.05, 0) is 24.2 Å². The fourth-order valence-electron chi connectivity index (χ4n) is 0.896. The number of nitrogens with two attached hydrogens (primary N) is 1. The van der Waals surface area contributed by atoms with Gasteiger partial charge >= 0.3 is 0 Å². The number of pyridine rings is 1. The number of hydrogen-bond acceptors (Lipinski definition) is 2. The first-order valence-corrected chi connectivity index (χ1v) is 3.56. The second kappa shape index (κ2) is 4.03. The molecule has 0 fully saturated rings. The van der Waals surface area contributed by atoms with E-state index in [0.29, 0.717) is 18.5 Å². The van der Waals surface area contributed by atoms with Crippen LogP contribution in [0.4, 0.5) is 4.39 Å². The molecule has 0 aliphatic rings. The van der Waals surface area contributed by atoms with E-state index in [4.69, 9.17) is 5.73 Å². The van der Waals surface area contributed by atoms with Crippen molar-refractivity contribution in [3.63, 3.8) is 0 Å². The number of halogens is 1. The molecule has 1 heterocycles. The summed E-state index contributed by atoms with van der Waals surface area (Å²) >= 11 is 0. The summed E-state index contributed by atoms with van der Waals surface area (Å²) in [5.74, 6) is 0. The largest absolute Gasteiger partial charge is 0.330 e. The van der Waals surface area contributed by atoms with E-state index >= 15 is 0 Å². The minimum atomic E-state index is -0.430. The molecule has 1 aromatic rings. The highest BCUT2D eigenvalue weighted by Crippen LogP contribution is 2.03. The van der Waals surface area contributed by atoms with Gasteiger partial charge in [-0.2, -0.15) is 0 Å². The van der Waals surface area contributed by atoms with Crippen LogP contribution in [-0.2, 0) is 13.1 Å². The van der Waals surface area contributed by atoms with Crippen LogP contribution in [0.25, 0.3) is 0 Å². The third kappa shape index (κ3) is 2.27. The van der Waals surface area contributed by atoms with Crippen molar-refractivity contribution in [3.8, 4) is 0 Å². The van der Waals surface area contributed by atoms with Crippen LogP contribution in [0.3, 0.4) is 0 Å². The summed E-state index contributed by atoms with van der Waals surface area (Å²) < 4.78 is 12.1. The van der Waals surface area contributed by atoms with Crippen LogP contribution < -0.4 is 5.73 Å². The number of alkyl halides is 1. The summed E-state index contributed by atoms with van der Waals surface area (Å²) in [5, 5.41) is 0. The van der Waals surface area contributed by atoms with Gasteiger partial charge in [0.15, 0.2) is 0 Å². The summed E-state index contributed by atoms with van der Waals surface area (Å²) in [6.07, 6.45) is 2.33. The summed E-state index contributed by atoms with van der Waals surface area (Å²) in [6.45, 7) is 0.128. The first-order valence-electron chi connectivity index (χ1n) is 3.56. The number of rotatable bonds is 3. The Morgan fingerprint density at radius 2 is 2.36 bits per heavy atom. The summed E-state index contributed by atoms with van der Waals surface area (Å²) in [5.41, 5.74) is 6.85. The molecule has 0 spiro atoms. The molecule has 0 saturated heterocycles. The van der Waals surface area contributed by atoms with Gasteiger partial charge < -0.3 is 5.73 Å². The lowest BCUT2D eigenvalue weighted by Crippen LogP contribution is -2.04. The summed E-state index contributed by atoms with van der Waals surface area (Å²) in [4.78, 5) is 4.03. The maximum Gasteiger partial charge on any atom is 0.115 e. The van der Waals surface area contributed by atoms with Gasteiger partial charge in [0.2, 0.25) is 0 Å². The van der Waals surface area contributed by atoms with E-state index in [0.717, 1.165) is 5.69 Å². The van der Waals surface area contributed by atoms with Gasteiger partial charge in [-0.3, -0.25) is 4.98 Å². The maximum absolute atomic E-state index is 12.1. The second-order valence-electron chi connectivity index (χ2n) is 2.33. The highest BCUT2D eigenvalue weighted by atomic mass is 19.1. The van der Waals surface area contributed by atoms with Crippen molar-refractivity contribution in [1.82, 2.24) is 4.98 Å². The van der Waals surface area contributed by atoms with E-state index in [-0.39, 0.29) is 0 Å². The number of aromatic nitrogens is 1. The van der Waals surface area contributed by atoms with Crippen LogP contribution in [0, 0.1) is 0 Å². The lowest BCUT2D eigenvalue weighted by Gasteiger charge is -1.98. The molecule has 2 nitrogen and oxygen atoms in total. The molecular weight excluding hydrogens is 143 g/mol. The van der Waals surface area contributed by atoms with Crippen molar-refractivity contribution in [1.29, 1.82) is 0 Å². The Morgan fingerprint density at radius 3 is 3.00 bits per heavy atom. The number of nitrogens with zero attached hydrogens (tertiary/aromatic N) is 1. The van der Waals surface area contributed by atoms with Crippen molar-refractivity contribution in [2.75, 3.05) is 6.54 Å². The highest BCUT2D eigenvalue weighted by Gasteiger charge is 1.94. The van der Waals surface area contributed by atoms with Gasteiger partial charge in [0.25, 0.3) is 0 Å². The third-order valence-corrected chi connectivity index (χ3v) is 1.44. The van der Waals surface area contributed by atoms with Crippen molar-refractivity contribution in [2.24, 2.45) is 5.73 Å². The van der Waals surface area contributed by atoms with Crippen molar-refractivity contribution in [2.45, 2.75) is 13.1 Å². The molecule has 0 bridgehead atoms. The fourth-order valence-corrected chi connectivity index (χ4v) is 0.896. The molecule has 0 aliphatic heterocycles. The molecule has 2 N–H and O–H groups in total. The summed E-state index contributed by atoms with van der Waals surface area (Å²) in [6, 6.07) is 3.41. The Hall–Kier alpha value is -0.960. The summed E-state index contributed by atoms with van der Waals surface area (Å²) in [7, 11) is 0. The van der Waals surface area contributed by atoms with Crippen LogP contribution in [0.2, 0.25) is 0 Å². The standard InChI is InChI=1S/C8H11FN2/c9-6-7-2-4-11-8(5-7)1-3-10/h2,4-5H,1,3,6,10H2. The van der Waals surface area contributed by atoms with Crippen molar-refractivity contribution < 1.29 is 4.39 Å². The fraction of sp³-hybridized carbons (Fsp3) is 0.375. The van der Waals surface area contributed by atoms with Gasteiger partial charge in [0.05, 0.1) is 0 Å². The van der Waals surface area contributed by atoms with Gasteiger partial charge in [0, 0.05) is 18.3 Å².